The zero-order valence-corrected chi connectivity index (χ0v) is 63.4. The third-order valence-corrected chi connectivity index (χ3v) is 21.3. The molecule has 0 aliphatic carbocycles. The highest BCUT2D eigenvalue weighted by Gasteiger charge is 2.50. The summed E-state index contributed by atoms with van der Waals surface area (Å²) in [6.45, 7) is 4.73. The molecular weight excluding hydrogens is 1420 g/mol. The van der Waals surface area contributed by atoms with Crippen LogP contribution in [-0.4, -0.2) is 215 Å². The summed E-state index contributed by atoms with van der Waals surface area (Å²) in [7, 11) is 3.31. The summed E-state index contributed by atoms with van der Waals surface area (Å²) in [5.74, 6) is -9.02. The second-order valence-electron chi connectivity index (χ2n) is 29.6. The van der Waals surface area contributed by atoms with Crippen LogP contribution in [0.15, 0.2) is 97.2 Å². The number of carbonyl (C=O) groups is 12. The third-order valence-electron chi connectivity index (χ3n) is 21.3. The van der Waals surface area contributed by atoms with E-state index in [2.05, 4.69) is 53.2 Å². The van der Waals surface area contributed by atoms with Gasteiger partial charge in [-0.1, -0.05) is 79.9 Å². The maximum Gasteiger partial charge on any atom is 0.246 e. The molecule has 29 nitrogen and oxygen atoms in total. The van der Waals surface area contributed by atoms with Crippen molar-refractivity contribution in [1.29, 1.82) is 0 Å². The largest absolute Gasteiger partial charge is 0.497 e. The number of ether oxygens (including phenoxy) is 2. The van der Waals surface area contributed by atoms with E-state index in [1.54, 1.807) is 72.6 Å². The van der Waals surface area contributed by atoms with E-state index >= 15 is 33.2 Å². The van der Waals surface area contributed by atoms with Crippen LogP contribution in [-0.2, 0) is 108 Å². The number of carbonyl (C=O) groups excluding carboxylic acids is 12. The molecule has 5 aromatic rings. The molecule has 0 spiro atoms. The molecule has 30 heteroatoms. The second-order valence-corrected chi connectivity index (χ2v) is 29.6. The number of nitrogens with zero attached hydrogens (tertiary/aromatic N) is 4. The van der Waals surface area contributed by atoms with Crippen LogP contribution in [0.2, 0.25) is 0 Å². The second kappa shape index (κ2) is 38.8. The van der Waals surface area contributed by atoms with E-state index in [9.17, 15) is 33.9 Å². The molecule has 10 atom stereocenters. The highest BCUT2D eigenvalue weighted by atomic mass is 19.1. The van der Waals surface area contributed by atoms with Crippen molar-refractivity contribution in [2.75, 3.05) is 60.0 Å². The number of aliphatic hydroxyl groups excluding tert-OH is 1. The van der Waals surface area contributed by atoms with Gasteiger partial charge in [-0.3, -0.25) is 57.5 Å². The molecule has 592 valence electrons. The monoisotopic (exact) mass is 1520 g/mol. The molecule has 6 aliphatic heterocycles. The predicted molar refractivity (Wildman–Crippen MR) is 404 cm³/mol. The van der Waals surface area contributed by atoms with Crippen LogP contribution >= 0.6 is 0 Å². The number of fused-ring (bicyclic) bond motifs is 16. The topological polar surface area (TPSA) is 378 Å². The number of aliphatic hydroxyl groups is 1. The van der Waals surface area contributed by atoms with Crippen molar-refractivity contribution in [3.63, 3.8) is 0 Å². The van der Waals surface area contributed by atoms with Crippen LogP contribution in [0.25, 0.3) is 10.9 Å². The Hall–Kier alpha value is -10.3. The van der Waals surface area contributed by atoms with Crippen molar-refractivity contribution in [2.24, 2.45) is 0 Å². The molecule has 11 rings (SSSR count). The van der Waals surface area contributed by atoms with Crippen molar-refractivity contribution < 1.29 is 76.5 Å². The van der Waals surface area contributed by atoms with Crippen LogP contribution in [0.5, 0.6) is 5.75 Å². The van der Waals surface area contributed by atoms with Gasteiger partial charge in [0.1, 0.15) is 66.0 Å². The maximum absolute atomic E-state index is 16.2. The van der Waals surface area contributed by atoms with E-state index in [4.69, 9.17) is 9.47 Å². The Balaban J connectivity index is 1.08. The lowest BCUT2D eigenvalue weighted by molar-refractivity contribution is -0.148. The van der Waals surface area contributed by atoms with Gasteiger partial charge in [-0.2, -0.15) is 0 Å². The van der Waals surface area contributed by atoms with Crippen LogP contribution in [0.3, 0.4) is 0 Å². The van der Waals surface area contributed by atoms with E-state index in [0.717, 1.165) is 29.0 Å². The summed E-state index contributed by atoms with van der Waals surface area (Å²) in [6.07, 6.45) is 2.96. The lowest BCUT2D eigenvalue weighted by Crippen LogP contribution is -2.64. The van der Waals surface area contributed by atoms with Gasteiger partial charge in [0.15, 0.2) is 0 Å². The number of halogens is 1. The summed E-state index contributed by atoms with van der Waals surface area (Å²) in [4.78, 5) is 182. The third kappa shape index (κ3) is 21.8. The number of aromatic nitrogens is 1. The van der Waals surface area contributed by atoms with Crippen LogP contribution in [0.1, 0.15) is 138 Å². The van der Waals surface area contributed by atoms with Gasteiger partial charge in [-0.05, 0) is 149 Å². The molecule has 6 aliphatic rings. The first-order valence-electron chi connectivity index (χ1n) is 38.4. The number of rotatable bonds is 12. The van der Waals surface area contributed by atoms with Crippen molar-refractivity contribution in [3.8, 4) is 5.75 Å². The quantitative estimate of drug-likeness (QED) is 0.0797. The zero-order chi connectivity index (χ0) is 78.6. The molecule has 1 aromatic heterocycles. The number of hydrogen-bond acceptors (Lipinski definition) is 16. The number of hydrogen-bond donors (Lipinski definition) is 11. The van der Waals surface area contributed by atoms with Gasteiger partial charge in [-0.15, -0.1) is 0 Å². The maximum atomic E-state index is 16.2. The Morgan fingerprint density at radius 3 is 2.18 bits per heavy atom. The molecule has 0 radical (unpaired) electrons. The van der Waals surface area contributed by atoms with Gasteiger partial charge in [0.25, 0.3) is 0 Å². The Morgan fingerprint density at radius 1 is 0.691 bits per heavy atom. The highest BCUT2D eigenvalue weighted by molar-refractivity contribution is 6.00. The number of aryl methyl sites for hydroxylation is 1. The molecule has 7 heterocycles. The Bertz CT molecular complexity index is 4140. The molecule has 2 saturated heterocycles. The fourth-order valence-corrected chi connectivity index (χ4v) is 15.0. The van der Waals surface area contributed by atoms with Gasteiger partial charge < -0.3 is 87.0 Å². The van der Waals surface area contributed by atoms with E-state index in [1.807, 2.05) is 35.9 Å². The van der Waals surface area contributed by atoms with Crippen LogP contribution in [0, 0.1) is 5.82 Å². The normalized spacial score (nSPS) is 25.0. The minimum atomic E-state index is -1.85. The van der Waals surface area contributed by atoms with Gasteiger partial charge in [0.05, 0.1) is 19.3 Å². The van der Waals surface area contributed by atoms with Gasteiger partial charge in [0.2, 0.25) is 70.9 Å². The van der Waals surface area contributed by atoms with Crippen LogP contribution < -0.4 is 57.9 Å². The van der Waals surface area contributed by atoms with Gasteiger partial charge in [0, 0.05) is 108 Å². The molecule has 12 amide bonds. The average molecular weight is 1520 g/mol. The fraction of sp³-hybridized carbons (Fsp3) is 0.525. The summed E-state index contributed by atoms with van der Waals surface area (Å²) >= 11 is 0. The minimum Gasteiger partial charge on any atom is -0.497 e. The average Bonchev–Trinajstić information content (AvgIpc) is 1.23. The summed E-state index contributed by atoms with van der Waals surface area (Å²) in [5, 5.41) is 40.1. The predicted octanol–water partition coefficient (Wildman–Crippen LogP) is 2.07. The molecular formula is C80H105FN14O15. The van der Waals surface area contributed by atoms with E-state index in [-0.39, 0.29) is 90.0 Å². The van der Waals surface area contributed by atoms with E-state index < -0.39 is 144 Å². The van der Waals surface area contributed by atoms with Crippen molar-refractivity contribution in [3.05, 3.63) is 136 Å². The first kappa shape index (κ1) is 82.2. The number of unbranched alkanes of at least 4 members (excludes halogenated alkanes) is 2. The fourth-order valence-electron chi connectivity index (χ4n) is 15.0. The number of amides is 12. The van der Waals surface area contributed by atoms with Gasteiger partial charge >= 0.3 is 0 Å². The minimum absolute atomic E-state index is 0.0709. The SMILES string of the molecule is CNCCCCCC(=O)NCC1NC(=O)[C@H](C)NC(=O)CCC(=O)N2CCCCCCn3cc(c4cc(F)ccc43)C[C@@H]3NC(=O)[C@H](Cc4cccc(c4)CNC(=O)CO[C@H]4CCN(C3=O)[C@H]4C(=O)N[C@@H]([C@@H](C)O)C(=O)N[C@@H](Cc3ccc(OC)cc3)C(=O)N3CCC[C@@]3(C)C(=O)NCCc3ccc(cc3)C2)NC1=O. The van der Waals surface area contributed by atoms with Crippen LogP contribution in [0.4, 0.5) is 4.39 Å². The summed E-state index contributed by atoms with van der Waals surface area (Å²) in [6, 6.07) is 14.0. The van der Waals surface area contributed by atoms with Crippen molar-refractivity contribution >= 4 is 81.8 Å². The van der Waals surface area contributed by atoms with Crippen molar-refractivity contribution in [1.82, 2.24) is 72.4 Å². The lowest BCUT2D eigenvalue weighted by Gasteiger charge is -2.37. The summed E-state index contributed by atoms with van der Waals surface area (Å²) < 4.78 is 29.4. The molecule has 12 bridgehead atoms. The molecule has 1 unspecified atom stereocenters. The Labute approximate surface area is 639 Å². The number of nitrogens with one attached hydrogen (secondary N) is 10. The summed E-state index contributed by atoms with van der Waals surface area (Å²) in [5.41, 5.74) is 2.76. The molecule has 0 saturated carbocycles. The molecule has 2 fully saturated rings. The van der Waals surface area contributed by atoms with Crippen molar-refractivity contribution in [2.45, 2.75) is 210 Å². The smallest absolute Gasteiger partial charge is 0.246 e. The highest BCUT2D eigenvalue weighted by Crippen LogP contribution is 2.32. The lowest BCUT2D eigenvalue weighted by atomic mass is 9.95. The first-order chi connectivity index (χ1) is 52.9. The number of benzene rings is 4. The molecule has 11 N–H and O–H groups in total. The standard InChI is InChI=1S/C80H105FN14O15/c1-49-72(101)90-63(45-85-66(97)17-9-8-10-33-82-4)74(103)87-60-41-54-15-13-16-55(39-54)44-84-68(99)48-110-65-31-38-94-71(65)76(105)91-70(50(2)96)75(104)89-61(40-52-22-25-58(109-5)26-23-52)78(107)95-37-14-32-80(95,3)79(108)83-34-30-51-18-20-53(21-19-51)46-93(69(100)29-28-67(98)86-49)36-12-7-6-11-35-92-47-56(42-62(77(94)106)88-73(60)102)59-43-57(81)24-27-64(59)92/h13,15-16,18-27,39,43,47,49-50,60-63,65,70-71,82,96H,6-12,14,17,28-38,40-42,44-46,48H2,1-5H3,(H,83,108)(H,84,99)(H,85,97)(H,86,98)(H,87,103)(H,88,102)(H,89,104)(H,90,101)(H,91,105)/t49-,50+,60-,61-,62-,63?,65-,70-,71+,80-/m0/s1. The Kier molecular flexibility index (Phi) is 29.0. The number of methoxy groups -OCH3 is 1. The van der Waals surface area contributed by atoms with E-state index in [1.165, 1.54) is 38.0 Å². The molecule has 110 heavy (non-hydrogen) atoms. The zero-order valence-electron chi connectivity index (χ0n) is 63.4. The first-order valence-corrected chi connectivity index (χ1v) is 38.4. The van der Waals surface area contributed by atoms with E-state index in [0.29, 0.717) is 103 Å². The Morgan fingerprint density at radius 2 is 1.43 bits per heavy atom. The van der Waals surface area contributed by atoms with Gasteiger partial charge in [-0.25, -0.2) is 4.39 Å². The molecule has 4 aromatic carbocycles.